The van der Waals surface area contributed by atoms with Crippen LogP contribution in [0.5, 0.6) is 0 Å². The normalized spacial score (nSPS) is 12.2. The highest BCUT2D eigenvalue weighted by Crippen LogP contribution is 2.12. The highest BCUT2D eigenvalue weighted by Gasteiger charge is 2.20. The zero-order chi connectivity index (χ0) is 15.8. The molecule has 1 atom stereocenters. The second-order valence-corrected chi connectivity index (χ2v) is 6.00. The summed E-state index contributed by atoms with van der Waals surface area (Å²) in [5, 5.41) is 12.3. The van der Waals surface area contributed by atoms with Crippen molar-refractivity contribution in [3.05, 3.63) is 34.9 Å². The van der Waals surface area contributed by atoms with Gasteiger partial charge in [-0.05, 0) is 42.9 Å². The number of carbonyl (C=O) groups excluding carboxylic acids is 1. The fourth-order valence-electron chi connectivity index (χ4n) is 2.06. The summed E-state index contributed by atoms with van der Waals surface area (Å²) in [5.74, 6) is -0.966. The van der Waals surface area contributed by atoms with Crippen molar-refractivity contribution in [2.24, 2.45) is 5.92 Å². The van der Waals surface area contributed by atoms with E-state index in [-0.39, 0.29) is 11.8 Å². The van der Waals surface area contributed by atoms with Crippen molar-refractivity contribution >= 4 is 23.5 Å². The van der Waals surface area contributed by atoms with Crippen molar-refractivity contribution in [3.63, 3.8) is 0 Å². The lowest BCUT2D eigenvalue weighted by molar-refractivity contribution is -0.142. The summed E-state index contributed by atoms with van der Waals surface area (Å²) in [6, 6.07) is 6.70. The predicted molar refractivity (Wildman–Crippen MR) is 83.4 cm³/mol. The molecule has 0 fully saturated rings. The van der Waals surface area contributed by atoms with E-state index in [4.69, 9.17) is 16.7 Å². The van der Waals surface area contributed by atoms with E-state index in [0.29, 0.717) is 24.3 Å². The molecule has 2 N–H and O–H groups in total. The average Bonchev–Trinajstić information content (AvgIpc) is 2.39. The van der Waals surface area contributed by atoms with Crippen LogP contribution in [0.2, 0.25) is 5.02 Å². The predicted octanol–water partition coefficient (Wildman–Crippen LogP) is 3.28. The van der Waals surface area contributed by atoms with Gasteiger partial charge in [0.15, 0.2) is 0 Å². The van der Waals surface area contributed by atoms with E-state index >= 15 is 0 Å². The van der Waals surface area contributed by atoms with Crippen molar-refractivity contribution in [1.82, 2.24) is 5.32 Å². The van der Waals surface area contributed by atoms with Crippen LogP contribution in [0, 0.1) is 5.92 Å². The SMILES string of the molecule is CC(C)CC(NC(=O)CCCc1ccc(Cl)cc1)C(=O)O. The third-order valence-electron chi connectivity index (χ3n) is 3.12. The van der Waals surface area contributed by atoms with E-state index in [9.17, 15) is 9.59 Å². The second kappa shape index (κ2) is 8.67. The Morgan fingerprint density at radius 1 is 1.24 bits per heavy atom. The van der Waals surface area contributed by atoms with Gasteiger partial charge < -0.3 is 10.4 Å². The summed E-state index contributed by atoms with van der Waals surface area (Å²) in [7, 11) is 0. The first kappa shape index (κ1) is 17.5. The van der Waals surface area contributed by atoms with Gasteiger partial charge in [-0.15, -0.1) is 0 Å². The highest BCUT2D eigenvalue weighted by molar-refractivity contribution is 6.30. The van der Waals surface area contributed by atoms with Gasteiger partial charge in [-0.3, -0.25) is 4.79 Å². The molecule has 21 heavy (non-hydrogen) atoms. The van der Waals surface area contributed by atoms with E-state index < -0.39 is 12.0 Å². The molecule has 0 aromatic heterocycles. The van der Waals surface area contributed by atoms with Gasteiger partial charge in [0.05, 0.1) is 0 Å². The van der Waals surface area contributed by atoms with Crippen LogP contribution in [0.3, 0.4) is 0 Å². The van der Waals surface area contributed by atoms with Crippen LogP contribution in [0.15, 0.2) is 24.3 Å². The van der Waals surface area contributed by atoms with Crippen LogP contribution >= 0.6 is 11.6 Å². The maximum atomic E-state index is 11.8. The minimum atomic E-state index is -0.977. The zero-order valence-electron chi connectivity index (χ0n) is 12.4. The number of benzene rings is 1. The molecule has 116 valence electrons. The van der Waals surface area contributed by atoms with Gasteiger partial charge in [0.25, 0.3) is 0 Å². The molecule has 1 aromatic rings. The molecule has 1 unspecified atom stereocenters. The first-order valence-electron chi connectivity index (χ1n) is 7.15. The number of aryl methyl sites for hydroxylation is 1. The molecule has 0 aliphatic heterocycles. The fourth-order valence-corrected chi connectivity index (χ4v) is 2.19. The summed E-state index contributed by atoms with van der Waals surface area (Å²) in [6.07, 6.45) is 2.22. The Morgan fingerprint density at radius 2 is 1.86 bits per heavy atom. The molecule has 0 saturated heterocycles. The number of halogens is 1. The molecule has 0 bridgehead atoms. The number of hydrogen-bond donors (Lipinski definition) is 2. The van der Waals surface area contributed by atoms with Crippen LogP contribution in [-0.2, 0) is 16.0 Å². The lowest BCUT2D eigenvalue weighted by atomic mass is 10.0. The molecule has 0 aliphatic rings. The summed E-state index contributed by atoms with van der Waals surface area (Å²) in [4.78, 5) is 22.9. The summed E-state index contributed by atoms with van der Waals surface area (Å²) >= 11 is 5.80. The fraction of sp³-hybridized carbons (Fsp3) is 0.500. The van der Waals surface area contributed by atoms with E-state index in [0.717, 1.165) is 12.0 Å². The number of aliphatic carboxylic acids is 1. The quantitative estimate of drug-likeness (QED) is 0.774. The molecule has 1 aromatic carbocycles. The van der Waals surface area contributed by atoms with Gasteiger partial charge >= 0.3 is 5.97 Å². The third-order valence-corrected chi connectivity index (χ3v) is 3.37. The number of amides is 1. The minimum Gasteiger partial charge on any atom is -0.480 e. The van der Waals surface area contributed by atoms with Crippen LogP contribution in [0.25, 0.3) is 0 Å². The van der Waals surface area contributed by atoms with Crippen LogP contribution < -0.4 is 5.32 Å². The molecular formula is C16H22ClNO3. The number of carboxylic acid groups (broad SMARTS) is 1. The van der Waals surface area contributed by atoms with Crippen molar-refractivity contribution in [1.29, 1.82) is 0 Å². The Bertz CT molecular complexity index is 471. The molecule has 1 rings (SSSR count). The standard InChI is InChI=1S/C16H22ClNO3/c1-11(2)10-14(16(20)21)18-15(19)5-3-4-12-6-8-13(17)9-7-12/h6-9,11,14H,3-5,10H2,1-2H3,(H,18,19)(H,20,21). The average molecular weight is 312 g/mol. The summed E-state index contributed by atoms with van der Waals surface area (Å²) in [6.45, 7) is 3.87. The molecule has 1 amide bonds. The first-order chi connectivity index (χ1) is 9.88. The van der Waals surface area contributed by atoms with E-state index in [1.54, 1.807) is 0 Å². The molecule has 0 saturated carbocycles. The molecule has 5 heteroatoms. The Hall–Kier alpha value is -1.55. The molecular weight excluding hydrogens is 290 g/mol. The lowest BCUT2D eigenvalue weighted by Crippen LogP contribution is -2.41. The van der Waals surface area contributed by atoms with Gasteiger partial charge in [0.1, 0.15) is 6.04 Å². The Labute approximate surface area is 130 Å². The third kappa shape index (κ3) is 7.14. The highest BCUT2D eigenvalue weighted by atomic mass is 35.5. The Morgan fingerprint density at radius 3 is 2.38 bits per heavy atom. The maximum Gasteiger partial charge on any atom is 0.326 e. The van der Waals surface area contributed by atoms with Gasteiger partial charge in [-0.2, -0.15) is 0 Å². The van der Waals surface area contributed by atoms with Crippen molar-refractivity contribution in [2.75, 3.05) is 0 Å². The van der Waals surface area contributed by atoms with Crippen LogP contribution in [0.1, 0.15) is 38.7 Å². The second-order valence-electron chi connectivity index (χ2n) is 5.57. The largest absolute Gasteiger partial charge is 0.480 e. The Kier molecular flexibility index (Phi) is 7.23. The molecule has 0 radical (unpaired) electrons. The smallest absolute Gasteiger partial charge is 0.326 e. The Balaban J connectivity index is 2.35. The van der Waals surface area contributed by atoms with E-state index in [1.807, 2.05) is 38.1 Å². The first-order valence-corrected chi connectivity index (χ1v) is 7.53. The minimum absolute atomic E-state index is 0.211. The monoisotopic (exact) mass is 311 g/mol. The van der Waals surface area contributed by atoms with E-state index in [1.165, 1.54) is 0 Å². The summed E-state index contributed by atoms with van der Waals surface area (Å²) in [5.41, 5.74) is 1.11. The van der Waals surface area contributed by atoms with E-state index in [2.05, 4.69) is 5.32 Å². The lowest BCUT2D eigenvalue weighted by Gasteiger charge is -2.16. The topological polar surface area (TPSA) is 66.4 Å². The van der Waals surface area contributed by atoms with Crippen molar-refractivity contribution in [3.8, 4) is 0 Å². The van der Waals surface area contributed by atoms with Crippen LogP contribution in [0.4, 0.5) is 0 Å². The number of carbonyl (C=O) groups is 2. The van der Waals surface area contributed by atoms with Gasteiger partial charge in [0.2, 0.25) is 5.91 Å². The number of rotatable bonds is 8. The molecule has 0 heterocycles. The number of nitrogens with one attached hydrogen (secondary N) is 1. The molecule has 0 spiro atoms. The number of carboxylic acids is 1. The van der Waals surface area contributed by atoms with Crippen molar-refractivity contribution < 1.29 is 14.7 Å². The van der Waals surface area contributed by atoms with Gasteiger partial charge in [-0.25, -0.2) is 4.79 Å². The molecule has 4 nitrogen and oxygen atoms in total. The van der Waals surface area contributed by atoms with Crippen LogP contribution in [-0.4, -0.2) is 23.0 Å². The molecule has 0 aliphatic carbocycles. The zero-order valence-corrected chi connectivity index (χ0v) is 13.2. The van der Waals surface area contributed by atoms with Gasteiger partial charge in [0, 0.05) is 11.4 Å². The van der Waals surface area contributed by atoms with Crippen molar-refractivity contribution in [2.45, 2.75) is 45.6 Å². The summed E-state index contributed by atoms with van der Waals surface area (Å²) < 4.78 is 0. The number of hydrogen-bond acceptors (Lipinski definition) is 2. The van der Waals surface area contributed by atoms with Gasteiger partial charge in [-0.1, -0.05) is 37.6 Å². The maximum absolute atomic E-state index is 11.8.